The molecule has 0 aromatic rings. The van der Waals surface area contributed by atoms with Crippen molar-refractivity contribution in [1.29, 1.82) is 0 Å². The Morgan fingerprint density at radius 1 is 0.688 bits per heavy atom. The Bertz CT molecular complexity index is 1120. The van der Waals surface area contributed by atoms with Gasteiger partial charge in [0.15, 0.2) is 5.96 Å². The molecule has 15 N–H and O–H groups in total. The van der Waals surface area contributed by atoms with Crippen LogP contribution in [0.1, 0.15) is 65.2 Å². The SMILES string of the molecule is CSCC[C@H](N)C(=O)N[C@@H](C)C(=O)N[C@@H](CCCN=C(N)N)C(=O)N[C@@H](C)C(=O)N[C@@H](CCCCN)C(=O)N[C@@H](CCC(=O)O)C(=O)O. The predicted molar refractivity (Wildman–Crippen MR) is 179 cm³/mol. The zero-order valence-corrected chi connectivity index (χ0v) is 28.5. The molecular formula is C28H52N10O9S. The summed E-state index contributed by atoms with van der Waals surface area (Å²) in [6, 6.07) is -7.02. The molecule has 48 heavy (non-hydrogen) atoms. The summed E-state index contributed by atoms with van der Waals surface area (Å²) in [7, 11) is 0. The summed E-state index contributed by atoms with van der Waals surface area (Å²) in [6.07, 6.45) is 2.65. The van der Waals surface area contributed by atoms with Crippen LogP contribution in [0.3, 0.4) is 0 Å². The summed E-state index contributed by atoms with van der Waals surface area (Å²) in [4.78, 5) is 91.0. The van der Waals surface area contributed by atoms with Gasteiger partial charge in [-0.3, -0.25) is 33.8 Å². The minimum atomic E-state index is -1.51. The fraction of sp³-hybridized carbons (Fsp3) is 0.714. The van der Waals surface area contributed by atoms with E-state index in [1.807, 2.05) is 6.26 Å². The molecule has 0 aliphatic heterocycles. The number of aliphatic carboxylic acids is 2. The van der Waals surface area contributed by atoms with Gasteiger partial charge in [0.2, 0.25) is 29.5 Å². The standard InChI is InChI=1S/C28H52N10O9S/c1-15(34-24(43)17(30)11-14-48-3)22(41)37-19(8-6-13-33-28(31)32)25(44)35-16(2)23(42)36-18(7-4-5-12-29)26(45)38-20(27(46)47)9-10-21(39)40/h15-20H,4-14,29-30H2,1-3H3,(H,34,43)(H,35,44)(H,36,42)(H,37,41)(H,38,45)(H,39,40)(H,46,47)(H4,31,32,33)/t15-,16-,17-,18-,19-,20-/m0/s1. The average Bonchev–Trinajstić information content (AvgIpc) is 3.01. The molecule has 0 saturated heterocycles. The molecule has 0 spiro atoms. The lowest BCUT2D eigenvalue weighted by molar-refractivity contribution is -0.143. The number of thioether (sulfide) groups is 1. The monoisotopic (exact) mass is 704 g/mol. The smallest absolute Gasteiger partial charge is 0.326 e. The van der Waals surface area contributed by atoms with Gasteiger partial charge in [-0.1, -0.05) is 0 Å². The number of unbranched alkanes of at least 4 members (excludes halogenated alkanes) is 1. The lowest BCUT2D eigenvalue weighted by atomic mass is 10.1. The summed E-state index contributed by atoms with van der Waals surface area (Å²) in [5, 5.41) is 30.6. The van der Waals surface area contributed by atoms with Gasteiger partial charge in [-0.05, 0) is 77.3 Å². The van der Waals surface area contributed by atoms with Crippen molar-refractivity contribution in [1.82, 2.24) is 26.6 Å². The van der Waals surface area contributed by atoms with E-state index in [2.05, 4.69) is 31.6 Å². The van der Waals surface area contributed by atoms with Crippen molar-refractivity contribution >= 4 is 59.2 Å². The van der Waals surface area contributed by atoms with E-state index in [0.29, 0.717) is 31.6 Å². The summed E-state index contributed by atoms with van der Waals surface area (Å²) in [6.45, 7) is 3.20. The van der Waals surface area contributed by atoms with E-state index in [0.717, 1.165) is 0 Å². The first-order valence-corrected chi connectivity index (χ1v) is 16.9. The fourth-order valence-corrected chi connectivity index (χ4v) is 4.56. The van der Waals surface area contributed by atoms with Crippen molar-refractivity contribution in [3.8, 4) is 0 Å². The van der Waals surface area contributed by atoms with Gasteiger partial charge in [-0.15, -0.1) is 0 Å². The third kappa shape index (κ3) is 18.8. The van der Waals surface area contributed by atoms with Gasteiger partial charge in [0.05, 0.1) is 6.04 Å². The second-order valence-electron chi connectivity index (χ2n) is 11.0. The van der Waals surface area contributed by atoms with Crippen molar-refractivity contribution in [3.05, 3.63) is 0 Å². The normalized spacial score (nSPS) is 14.5. The highest BCUT2D eigenvalue weighted by atomic mass is 32.2. The van der Waals surface area contributed by atoms with E-state index >= 15 is 0 Å². The number of hydrogen-bond acceptors (Lipinski definition) is 11. The van der Waals surface area contributed by atoms with Gasteiger partial charge in [-0.25, -0.2) is 4.79 Å². The molecule has 0 saturated carbocycles. The van der Waals surface area contributed by atoms with Crippen LogP contribution in [-0.4, -0.2) is 119 Å². The van der Waals surface area contributed by atoms with Crippen LogP contribution in [-0.2, 0) is 33.6 Å². The Kier molecular flexibility index (Phi) is 22.0. The number of aliphatic imine (C=N–C) groups is 1. The molecule has 19 nitrogen and oxygen atoms in total. The number of carbonyl (C=O) groups is 7. The topological polar surface area (TPSA) is 337 Å². The molecule has 0 aliphatic rings. The van der Waals surface area contributed by atoms with Gasteiger partial charge >= 0.3 is 11.9 Å². The van der Waals surface area contributed by atoms with E-state index in [4.69, 9.17) is 28.0 Å². The first kappa shape index (κ1) is 43.8. The highest BCUT2D eigenvalue weighted by molar-refractivity contribution is 7.98. The Balaban J connectivity index is 5.67. The van der Waals surface area contributed by atoms with Gasteiger partial charge < -0.3 is 59.7 Å². The lowest BCUT2D eigenvalue weighted by Crippen LogP contribution is -2.58. The highest BCUT2D eigenvalue weighted by Crippen LogP contribution is 2.06. The molecule has 0 aliphatic carbocycles. The number of carboxylic acid groups (broad SMARTS) is 2. The van der Waals surface area contributed by atoms with Crippen molar-refractivity contribution in [2.45, 2.75) is 101 Å². The van der Waals surface area contributed by atoms with Crippen LogP contribution in [0.25, 0.3) is 0 Å². The third-order valence-electron chi connectivity index (χ3n) is 6.89. The average molecular weight is 705 g/mol. The minimum Gasteiger partial charge on any atom is -0.481 e. The third-order valence-corrected chi connectivity index (χ3v) is 7.54. The number of nitrogens with two attached hydrogens (primary N) is 4. The zero-order chi connectivity index (χ0) is 36.8. The van der Waals surface area contributed by atoms with Crippen molar-refractivity contribution < 1.29 is 43.8 Å². The Morgan fingerprint density at radius 3 is 1.67 bits per heavy atom. The molecule has 0 rings (SSSR count). The number of nitrogens with one attached hydrogen (secondary N) is 5. The van der Waals surface area contributed by atoms with E-state index in [1.165, 1.54) is 25.6 Å². The minimum absolute atomic E-state index is 0.0492. The first-order valence-electron chi connectivity index (χ1n) is 15.5. The van der Waals surface area contributed by atoms with Crippen LogP contribution in [0.15, 0.2) is 4.99 Å². The number of rotatable bonds is 25. The fourth-order valence-electron chi connectivity index (χ4n) is 4.07. The van der Waals surface area contributed by atoms with Crippen LogP contribution in [0.2, 0.25) is 0 Å². The summed E-state index contributed by atoms with van der Waals surface area (Å²) >= 11 is 1.52. The second kappa shape index (κ2) is 24.0. The van der Waals surface area contributed by atoms with Crippen LogP contribution in [0.4, 0.5) is 0 Å². The molecule has 5 amide bonds. The Labute approximate surface area is 283 Å². The maximum absolute atomic E-state index is 13.3. The van der Waals surface area contributed by atoms with Crippen molar-refractivity contribution in [2.75, 3.05) is 25.1 Å². The largest absolute Gasteiger partial charge is 0.481 e. The second-order valence-corrected chi connectivity index (χ2v) is 12.0. The molecular weight excluding hydrogens is 652 g/mol. The maximum atomic E-state index is 13.3. The van der Waals surface area contributed by atoms with E-state index < -0.39 is 84.1 Å². The number of amides is 5. The lowest BCUT2D eigenvalue weighted by Gasteiger charge is -2.25. The molecule has 274 valence electrons. The summed E-state index contributed by atoms with van der Waals surface area (Å²) in [5.41, 5.74) is 22.1. The van der Waals surface area contributed by atoms with Crippen LogP contribution in [0.5, 0.6) is 0 Å². The molecule has 20 heteroatoms. The number of nitrogens with zero attached hydrogens (tertiary/aromatic N) is 1. The van der Waals surface area contributed by atoms with Gasteiger partial charge in [0.25, 0.3) is 0 Å². The van der Waals surface area contributed by atoms with Gasteiger partial charge in [0, 0.05) is 13.0 Å². The van der Waals surface area contributed by atoms with Gasteiger partial charge in [0.1, 0.15) is 30.2 Å². The van der Waals surface area contributed by atoms with E-state index in [9.17, 15) is 38.7 Å². The predicted octanol–water partition coefficient (Wildman–Crippen LogP) is -3.34. The van der Waals surface area contributed by atoms with Gasteiger partial charge in [-0.2, -0.15) is 11.8 Å². The maximum Gasteiger partial charge on any atom is 0.326 e. The quantitative estimate of drug-likeness (QED) is 0.0252. The molecule has 0 radical (unpaired) electrons. The zero-order valence-electron chi connectivity index (χ0n) is 27.7. The van der Waals surface area contributed by atoms with Crippen LogP contribution >= 0.6 is 11.8 Å². The molecule has 0 unspecified atom stereocenters. The number of carbonyl (C=O) groups excluding carboxylic acids is 5. The number of hydrogen-bond donors (Lipinski definition) is 11. The highest BCUT2D eigenvalue weighted by Gasteiger charge is 2.30. The summed E-state index contributed by atoms with van der Waals surface area (Å²) in [5.74, 6) is -5.84. The van der Waals surface area contributed by atoms with E-state index in [1.54, 1.807) is 0 Å². The molecule has 0 aromatic heterocycles. The first-order chi connectivity index (χ1) is 22.5. The summed E-state index contributed by atoms with van der Waals surface area (Å²) < 4.78 is 0. The Hall–Kier alpha value is -4.17. The van der Waals surface area contributed by atoms with Crippen molar-refractivity contribution in [3.63, 3.8) is 0 Å². The molecule has 0 heterocycles. The Morgan fingerprint density at radius 2 is 1.19 bits per heavy atom. The molecule has 0 aromatic carbocycles. The number of guanidine groups is 1. The molecule has 0 bridgehead atoms. The van der Waals surface area contributed by atoms with Crippen molar-refractivity contribution in [2.24, 2.45) is 27.9 Å². The van der Waals surface area contributed by atoms with E-state index in [-0.39, 0.29) is 38.2 Å². The number of carboxylic acids is 2. The molecule has 0 fully saturated rings. The molecule has 6 atom stereocenters. The van der Waals surface area contributed by atoms with Crippen LogP contribution < -0.4 is 49.5 Å². The van der Waals surface area contributed by atoms with Crippen LogP contribution in [0, 0.1) is 0 Å².